The van der Waals surface area contributed by atoms with Crippen molar-refractivity contribution in [2.24, 2.45) is 5.92 Å². The number of benzene rings is 2. The highest BCUT2D eigenvalue weighted by Gasteiger charge is 2.36. The number of carbonyl (C=O) groups excluding carboxylic acids is 2. The van der Waals surface area contributed by atoms with E-state index < -0.39 is 0 Å². The van der Waals surface area contributed by atoms with Crippen LogP contribution in [0.1, 0.15) is 50.2 Å². The lowest BCUT2D eigenvalue weighted by Crippen LogP contribution is -2.34. The number of carbonyl (C=O) groups is 2. The Kier molecular flexibility index (Phi) is 7.70. The average Bonchev–Trinajstić information content (AvgIpc) is 3.08. The normalized spacial score (nSPS) is 18.2. The molecule has 4 rings (SSSR count). The number of amides is 2. The van der Waals surface area contributed by atoms with Crippen LogP contribution in [0.2, 0.25) is 0 Å². The Morgan fingerprint density at radius 1 is 1.06 bits per heavy atom. The van der Waals surface area contributed by atoms with Gasteiger partial charge in [-0.1, -0.05) is 43.5 Å². The van der Waals surface area contributed by atoms with Gasteiger partial charge in [-0.15, -0.1) is 0 Å². The summed E-state index contributed by atoms with van der Waals surface area (Å²) in [7, 11) is 0. The summed E-state index contributed by atoms with van der Waals surface area (Å²) in [5.41, 5.74) is 1.19. The first-order chi connectivity index (χ1) is 16.0. The van der Waals surface area contributed by atoms with E-state index in [4.69, 9.17) is 9.47 Å². The summed E-state index contributed by atoms with van der Waals surface area (Å²) in [5, 5.41) is -0.202. The summed E-state index contributed by atoms with van der Waals surface area (Å²) in [6, 6.07) is 11.8. The van der Waals surface area contributed by atoms with E-state index >= 15 is 0 Å². The summed E-state index contributed by atoms with van der Waals surface area (Å²) in [6.07, 6.45) is 7.44. The number of ether oxygens (including phenoxy) is 2. The minimum atomic E-state index is -0.323. The summed E-state index contributed by atoms with van der Waals surface area (Å²) < 4.78 is 25.4. The number of rotatable bonds is 8. The quantitative estimate of drug-likeness (QED) is 0.418. The van der Waals surface area contributed by atoms with Crippen molar-refractivity contribution in [3.8, 4) is 11.5 Å². The fourth-order valence-electron chi connectivity index (χ4n) is 4.21. The third-order valence-corrected chi connectivity index (χ3v) is 6.85. The molecule has 1 aliphatic carbocycles. The van der Waals surface area contributed by atoms with Gasteiger partial charge in [0.1, 0.15) is 12.4 Å². The van der Waals surface area contributed by atoms with Gasteiger partial charge in [-0.3, -0.25) is 14.5 Å². The Morgan fingerprint density at radius 3 is 2.61 bits per heavy atom. The first kappa shape index (κ1) is 23.4. The van der Waals surface area contributed by atoms with Gasteiger partial charge in [-0.2, -0.15) is 0 Å². The number of halogens is 1. The van der Waals surface area contributed by atoms with Crippen molar-refractivity contribution in [1.29, 1.82) is 0 Å². The molecular weight excluding hydrogens is 441 g/mol. The molecule has 1 aliphatic heterocycles. The van der Waals surface area contributed by atoms with E-state index in [-0.39, 0.29) is 23.6 Å². The van der Waals surface area contributed by atoms with Crippen LogP contribution in [0.3, 0.4) is 0 Å². The van der Waals surface area contributed by atoms with E-state index in [1.54, 1.807) is 42.5 Å². The highest BCUT2D eigenvalue weighted by Crippen LogP contribution is 2.36. The van der Waals surface area contributed by atoms with Gasteiger partial charge in [0.05, 0.1) is 11.5 Å². The second kappa shape index (κ2) is 10.9. The predicted octanol–water partition coefficient (Wildman–Crippen LogP) is 6.42. The molecule has 0 N–H and O–H groups in total. The standard InChI is InChI=1S/C26H28FNO4S/c1-2-31-23-14-19(12-13-22(23)32-17-20-10-6-7-11-21(20)27)15-24-25(29)28(26(30)33-24)16-18-8-4-3-5-9-18/h6-7,10-15,18H,2-5,8-9,16-17H2,1H3/b24-15+. The van der Waals surface area contributed by atoms with Crippen molar-refractivity contribution in [2.75, 3.05) is 13.2 Å². The SMILES string of the molecule is CCOc1cc(/C=C2/SC(=O)N(CC3CCCCC3)C2=O)ccc1OCc1ccccc1F. The first-order valence-electron chi connectivity index (χ1n) is 11.4. The Balaban J connectivity index is 1.48. The van der Waals surface area contributed by atoms with Gasteiger partial charge in [0.25, 0.3) is 11.1 Å². The maximum Gasteiger partial charge on any atom is 0.293 e. The molecule has 2 fully saturated rings. The smallest absolute Gasteiger partial charge is 0.293 e. The van der Waals surface area contributed by atoms with E-state index in [0.29, 0.717) is 41.0 Å². The molecule has 1 heterocycles. The molecule has 2 aromatic carbocycles. The monoisotopic (exact) mass is 469 g/mol. The van der Waals surface area contributed by atoms with Crippen LogP contribution in [0.4, 0.5) is 9.18 Å². The molecule has 0 spiro atoms. The van der Waals surface area contributed by atoms with E-state index in [1.165, 1.54) is 30.2 Å². The molecule has 2 amide bonds. The Bertz CT molecular complexity index is 1050. The lowest BCUT2D eigenvalue weighted by Gasteiger charge is -2.25. The molecule has 0 aromatic heterocycles. The maximum absolute atomic E-state index is 13.9. The Hall–Kier alpha value is -2.80. The van der Waals surface area contributed by atoms with Gasteiger partial charge in [0.2, 0.25) is 0 Å². The molecule has 1 saturated carbocycles. The van der Waals surface area contributed by atoms with Crippen molar-refractivity contribution in [3.63, 3.8) is 0 Å². The van der Waals surface area contributed by atoms with Crippen LogP contribution in [-0.4, -0.2) is 29.2 Å². The second-order valence-electron chi connectivity index (χ2n) is 8.32. The molecule has 0 bridgehead atoms. The van der Waals surface area contributed by atoms with Gasteiger partial charge in [-0.05, 0) is 67.3 Å². The van der Waals surface area contributed by atoms with Gasteiger partial charge in [-0.25, -0.2) is 4.39 Å². The van der Waals surface area contributed by atoms with Crippen LogP contribution in [-0.2, 0) is 11.4 Å². The third-order valence-electron chi connectivity index (χ3n) is 5.95. The van der Waals surface area contributed by atoms with Gasteiger partial charge in [0.15, 0.2) is 11.5 Å². The van der Waals surface area contributed by atoms with Gasteiger partial charge >= 0.3 is 0 Å². The molecule has 1 saturated heterocycles. The summed E-state index contributed by atoms with van der Waals surface area (Å²) in [6.45, 7) is 2.88. The number of imide groups is 1. The fraction of sp³-hybridized carbons (Fsp3) is 0.385. The highest BCUT2D eigenvalue weighted by atomic mass is 32.2. The van der Waals surface area contributed by atoms with E-state index in [2.05, 4.69) is 0 Å². The number of hydrogen-bond acceptors (Lipinski definition) is 5. The van der Waals surface area contributed by atoms with E-state index in [1.807, 2.05) is 6.92 Å². The first-order valence-corrected chi connectivity index (χ1v) is 12.2. The molecule has 2 aromatic rings. The third kappa shape index (κ3) is 5.77. The fourth-order valence-corrected chi connectivity index (χ4v) is 5.06. The van der Waals surface area contributed by atoms with Crippen LogP contribution >= 0.6 is 11.8 Å². The summed E-state index contributed by atoms with van der Waals surface area (Å²) in [4.78, 5) is 27.2. The van der Waals surface area contributed by atoms with Crippen LogP contribution < -0.4 is 9.47 Å². The zero-order valence-electron chi connectivity index (χ0n) is 18.7. The zero-order valence-corrected chi connectivity index (χ0v) is 19.5. The van der Waals surface area contributed by atoms with E-state index in [9.17, 15) is 14.0 Å². The van der Waals surface area contributed by atoms with Crippen molar-refractivity contribution in [3.05, 3.63) is 64.3 Å². The van der Waals surface area contributed by atoms with Crippen molar-refractivity contribution < 1.29 is 23.5 Å². The van der Waals surface area contributed by atoms with Crippen LogP contribution in [0.25, 0.3) is 6.08 Å². The second-order valence-corrected chi connectivity index (χ2v) is 9.31. The predicted molar refractivity (Wildman–Crippen MR) is 128 cm³/mol. The average molecular weight is 470 g/mol. The number of thioether (sulfide) groups is 1. The van der Waals surface area contributed by atoms with Gasteiger partial charge in [0, 0.05) is 12.1 Å². The van der Waals surface area contributed by atoms with Gasteiger partial charge < -0.3 is 9.47 Å². The molecule has 33 heavy (non-hydrogen) atoms. The topological polar surface area (TPSA) is 55.8 Å². The maximum atomic E-state index is 13.9. The molecular formula is C26H28FNO4S. The molecule has 7 heteroatoms. The minimum Gasteiger partial charge on any atom is -0.490 e. The lowest BCUT2D eigenvalue weighted by atomic mass is 9.89. The summed E-state index contributed by atoms with van der Waals surface area (Å²) in [5.74, 6) is 0.846. The van der Waals surface area contributed by atoms with Crippen molar-refractivity contribution in [1.82, 2.24) is 4.90 Å². The van der Waals surface area contributed by atoms with Crippen LogP contribution in [0.15, 0.2) is 47.4 Å². The molecule has 2 aliphatic rings. The largest absolute Gasteiger partial charge is 0.490 e. The summed E-state index contributed by atoms with van der Waals surface area (Å²) >= 11 is 0.983. The lowest BCUT2D eigenvalue weighted by molar-refractivity contribution is -0.123. The Morgan fingerprint density at radius 2 is 1.85 bits per heavy atom. The molecule has 0 unspecified atom stereocenters. The molecule has 174 valence electrons. The number of hydrogen-bond donors (Lipinski definition) is 0. The Labute approximate surface area is 197 Å². The minimum absolute atomic E-state index is 0.0755. The van der Waals surface area contributed by atoms with Crippen molar-refractivity contribution in [2.45, 2.75) is 45.6 Å². The molecule has 0 radical (unpaired) electrons. The zero-order chi connectivity index (χ0) is 23.2. The van der Waals surface area contributed by atoms with E-state index in [0.717, 1.165) is 30.2 Å². The number of nitrogens with zero attached hydrogens (tertiary/aromatic N) is 1. The highest BCUT2D eigenvalue weighted by molar-refractivity contribution is 8.18. The van der Waals surface area contributed by atoms with Crippen LogP contribution in [0, 0.1) is 11.7 Å². The van der Waals surface area contributed by atoms with Crippen LogP contribution in [0.5, 0.6) is 11.5 Å². The van der Waals surface area contributed by atoms with Crippen molar-refractivity contribution >= 4 is 29.0 Å². The molecule has 5 nitrogen and oxygen atoms in total. The molecule has 0 atom stereocenters.